The smallest absolute Gasteiger partial charge is 0.311 e. The quantitative estimate of drug-likeness (QED) is 0.943. The number of hydrogen-bond donors (Lipinski definition) is 1. The van der Waals surface area contributed by atoms with E-state index in [0.29, 0.717) is 18.4 Å². The fraction of sp³-hybridized carbons (Fsp3) is 0.474. The van der Waals surface area contributed by atoms with E-state index in [-0.39, 0.29) is 18.0 Å². The number of para-hydroxylation sites is 1. The molecule has 3 heterocycles. The first-order chi connectivity index (χ1) is 11.5. The molecule has 2 saturated heterocycles. The van der Waals surface area contributed by atoms with Crippen molar-refractivity contribution >= 4 is 22.8 Å². The van der Waals surface area contributed by atoms with Gasteiger partial charge in [-0.15, -0.1) is 0 Å². The van der Waals surface area contributed by atoms with Gasteiger partial charge in [0.1, 0.15) is 0 Å². The first kappa shape index (κ1) is 15.2. The normalized spacial score (nSPS) is 28.7. The molecule has 0 saturated carbocycles. The number of carboxylic acid groups (broad SMARTS) is 1. The van der Waals surface area contributed by atoms with Crippen molar-refractivity contribution < 1.29 is 14.7 Å². The number of carbonyl (C=O) groups is 2. The number of benzene rings is 1. The van der Waals surface area contributed by atoms with Crippen molar-refractivity contribution in [2.24, 2.45) is 12.5 Å². The predicted octanol–water partition coefficient (Wildman–Crippen LogP) is 3.04. The molecule has 126 valence electrons. The van der Waals surface area contributed by atoms with Crippen LogP contribution in [0.15, 0.2) is 30.5 Å². The van der Waals surface area contributed by atoms with Crippen molar-refractivity contribution in [3.63, 3.8) is 0 Å². The number of hydrogen-bond acceptors (Lipinski definition) is 2. The zero-order chi connectivity index (χ0) is 17.1. The topological polar surface area (TPSA) is 62.5 Å². The van der Waals surface area contributed by atoms with E-state index in [1.54, 1.807) is 0 Å². The Labute approximate surface area is 140 Å². The van der Waals surface area contributed by atoms with Crippen molar-refractivity contribution in [1.82, 2.24) is 9.47 Å². The second-order valence-electron chi connectivity index (χ2n) is 7.15. The van der Waals surface area contributed by atoms with Gasteiger partial charge in [0.15, 0.2) is 0 Å². The average molecular weight is 326 g/mol. The number of amides is 1. The Morgan fingerprint density at radius 1 is 1.29 bits per heavy atom. The van der Waals surface area contributed by atoms with Gasteiger partial charge in [0.2, 0.25) is 0 Å². The molecule has 2 bridgehead atoms. The van der Waals surface area contributed by atoms with Crippen LogP contribution in [0.2, 0.25) is 0 Å². The molecular weight excluding hydrogens is 304 g/mol. The van der Waals surface area contributed by atoms with Gasteiger partial charge >= 0.3 is 5.97 Å². The van der Waals surface area contributed by atoms with Gasteiger partial charge in [-0.25, -0.2) is 0 Å². The molecule has 1 N–H and O–H groups in total. The molecule has 2 aliphatic heterocycles. The number of carboxylic acids is 1. The third-order valence-corrected chi connectivity index (χ3v) is 6.16. The number of nitrogens with zero attached hydrogens (tertiary/aromatic N) is 2. The molecule has 2 aromatic rings. The van der Waals surface area contributed by atoms with E-state index in [0.717, 1.165) is 23.7 Å². The Bertz CT molecular complexity index is 840. The van der Waals surface area contributed by atoms with Crippen molar-refractivity contribution in [2.45, 2.75) is 44.7 Å². The minimum absolute atomic E-state index is 0.0177. The van der Waals surface area contributed by atoms with E-state index in [1.807, 2.05) is 53.9 Å². The third-order valence-electron chi connectivity index (χ3n) is 6.16. The molecule has 5 nitrogen and oxygen atoms in total. The van der Waals surface area contributed by atoms with E-state index >= 15 is 0 Å². The Hall–Kier alpha value is -2.30. The van der Waals surface area contributed by atoms with Crippen LogP contribution in [-0.4, -0.2) is 38.5 Å². The summed E-state index contributed by atoms with van der Waals surface area (Å²) in [5.74, 6) is -0.774. The molecule has 0 aliphatic carbocycles. The van der Waals surface area contributed by atoms with Gasteiger partial charge < -0.3 is 14.6 Å². The maximum absolute atomic E-state index is 13.3. The van der Waals surface area contributed by atoms with Gasteiger partial charge in [0.05, 0.1) is 11.0 Å². The second kappa shape index (κ2) is 5.10. The second-order valence-corrected chi connectivity index (χ2v) is 7.15. The molecule has 3 atom stereocenters. The van der Waals surface area contributed by atoms with Gasteiger partial charge in [-0.2, -0.15) is 0 Å². The lowest BCUT2D eigenvalue weighted by Crippen LogP contribution is -2.44. The lowest BCUT2D eigenvalue weighted by Gasteiger charge is -2.32. The number of rotatable bonds is 3. The van der Waals surface area contributed by atoms with Crippen LogP contribution in [0.5, 0.6) is 0 Å². The van der Waals surface area contributed by atoms with Crippen molar-refractivity contribution in [2.75, 3.05) is 0 Å². The van der Waals surface area contributed by atoms with Crippen LogP contribution in [0.4, 0.5) is 0 Å². The van der Waals surface area contributed by atoms with Crippen LogP contribution in [0.25, 0.3) is 10.9 Å². The van der Waals surface area contributed by atoms with Crippen LogP contribution in [0, 0.1) is 5.41 Å². The zero-order valence-corrected chi connectivity index (χ0v) is 14.0. The largest absolute Gasteiger partial charge is 0.481 e. The maximum atomic E-state index is 13.3. The number of aryl methyl sites for hydroxylation is 1. The molecule has 5 heteroatoms. The third kappa shape index (κ3) is 1.81. The van der Waals surface area contributed by atoms with Gasteiger partial charge in [0, 0.05) is 36.2 Å². The highest BCUT2D eigenvalue weighted by Gasteiger charge is 2.60. The van der Waals surface area contributed by atoms with Crippen LogP contribution in [0.3, 0.4) is 0 Å². The van der Waals surface area contributed by atoms with E-state index in [9.17, 15) is 14.7 Å². The Kier molecular flexibility index (Phi) is 3.24. The number of aromatic nitrogens is 1. The first-order valence-corrected chi connectivity index (χ1v) is 8.59. The molecule has 1 amide bonds. The van der Waals surface area contributed by atoms with Crippen molar-refractivity contribution in [3.05, 3.63) is 36.0 Å². The molecular formula is C19H22N2O3. The predicted molar refractivity (Wildman–Crippen MR) is 90.9 cm³/mol. The fourth-order valence-corrected chi connectivity index (χ4v) is 4.90. The molecule has 24 heavy (non-hydrogen) atoms. The summed E-state index contributed by atoms with van der Waals surface area (Å²) in [5, 5.41) is 10.7. The molecule has 4 rings (SSSR count). The highest BCUT2D eigenvalue weighted by atomic mass is 16.4. The van der Waals surface area contributed by atoms with E-state index in [2.05, 4.69) is 0 Å². The van der Waals surface area contributed by atoms with Gasteiger partial charge in [-0.3, -0.25) is 9.59 Å². The average Bonchev–Trinajstić information content (AvgIpc) is 3.24. The molecule has 2 aliphatic rings. The lowest BCUT2D eigenvalue weighted by atomic mass is 9.72. The minimum atomic E-state index is -0.775. The van der Waals surface area contributed by atoms with Gasteiger partial charge in [-0.1, -0.05) is 25.1 Å². The summed E-state index contributed by atoms with van der Waals surface area (Å²) in [5.41, 5.74) is 0.929. The van der Waals surface area contributed by atoms with Crippen LogP contribution < -0.4 is 0 Å². The fourth-order valence-electron chi connectivity index (χ4n) is 4.90. The zero-order valence-electron chi connectivity index (χ0n) is 14.0. The Morgan fingerprint density at radius 2 is 2.04 bits per heavy atom. The number of fused-ring (bicyclic) bond motifs is 3. The summed E-state index contributed by atoms with van der Waals surface area (Å²) in [6.07, 6.45) is 4.74. The molecule has 2 fully saturated rings. The van der Waals surface area contributed by atoms with Gasteiger partial charge in [-0.05, 0) is 31.7 Å². The minimum Gasteiger partial charge on any atom is -0.481 e. The van der Waals surface area contributed by atoms with Gasteiger partial charge in [0.25, 0.3) is 5.91 Å². The summed E-state index contributed by atoms with van der Waals surface area (Å²) >= 11 is 0. The highest BCUT2D eigenvalue weighted by Crippen LogP contribution is 2.52. The summed E-state index contributed by atoms with van der Waals surface area (Å²) in [7, 11) is 1.94. The van der Waals surface area contributed by atoms with Crippen molar-refractivity contribution in [3.8, 4) is 0 Å². The van der Waals surface area contributed by atoms with E-state index < -0.39 is 11.4 Å². The standard InChI is InChI=1S/C19H22N2O3/c1-3-19(18(23)24)10-12-8-9-16(19)21(12)17(22)14-11-20(2)15-7-5-4-6-13(14)15/h4-7,11-12,16H,3,8-10H2,1-2H3,(H,23,24)/t12-,16+,19+/m0/s1. The molecule has 1 aromatic carbocycles. The maximum Gasteiger partial charge on any atom is 0.311 e. The van der Waals surface area contributed by atoms with E-state index in [1.165, 1.54) is 0 Å². The Balaban J connectivity index is 1.77. The molecule has 0 spiro atoms. The van der Waals surface area contributed by atoms with Crippen LogP contribution in [-0.2, 0) is 11.8 Å². The summed E-state index contributed by atoms with van der Waals surface area (Å²) < 4.78 is 1.96. The molecule has 0 radical (unpaired) electrons. The number of carbonyl (C=O) groups excluding carboxylic acids is 1. The SMILES string of the molecule is CC[C@@]1(C(=O)O)C[C@@H]2CC[C@H]1N2C(=O)c1cn(C)c2ccccc12. The molecule has 0 unspecified atom stereocenters. The lowest BCUT2D eigenvalue weighted by molar-refractivity contribution is -0.151. The first-order valence-electron chi connectivity index (χ1n) is 8.59. The van der Waals surface area contributed by atoms with Crippen LogP contribution in [0.1, 0.15) is 43.0 Å². The monoisotopic (exact) mass is 326 g/mol. The molecule has 1 aromatic heterocycles. The summed E-state index contributed by atoms with van der Waals surface area (Å²) in [6.45, 7) is 1.93. The highest BCUT2D eigenvalue weighted by molar-refractivity contribution is 6.07. The Morgan fingerprint density at radius 3 is 2.71 bits per heavy atom. The van der Waals surface area contributed by atoms with Crippen molar-refractivity contribution in [1.29, 1.82) is 0 Å². The summed E-state index contributed by atoms with van der Waals surface area (Å²) in [4.78, 5) is 27.1. The van der Waals surface area contributed by atoms with Crippen LogP contribution >= 0.6 is 0 Å². The number of aliphatic carboxylic acids is 1. The summed E-state index contributed by atoms with van der Waals surface area (Å²) in [6, 6.07) is 7.73. The van der Waals surface area contributed by atoms with E-state index in [4.69, 9.17) is 0 Å².